The number of carbonyl (C=O) groups is 2. The number of piperidine rings is 1. The second kappa shape index (κ2) is 14.4. The van der Waals surface area contributed by atoms with Crippen molar-refractivity contribution in [2.24, 2.45) is 11.8 Å². The molecule has 6 atom stereocenters. The van der Waals surface area contributed by atoms with Gasteiger partial charge in [-0.05, 0) is 88.4 Å². The van der Waals surface area contributed by atoms with E-state index in [1.807, 2.05) is 42.9 Å². The molecule has 4 aromatic rings. The Labute approximate surface area is 342 Å². The van der Waals surface area contributed by atoms with Crippen LogP contribution in [0.5, 0.6) is 0 Å². The lowest BCUT2D eigenvalue weighted by Gasteiger charge is -2.41. The molecular formula is C42H48Cl2FN5O4SSi. The molecule has 0 radical (unpaired) electrons. The van der Waals surface area contributed by atoms with Crippen molar-refractivity contribution in [1.29, 1.82) is 5.26 Å². The molecular weight excluding hydrogens is 789 g/mol. The standard InChI is InChI=1S/C42H48Cl2FN5O4SSi/c1-42(2,3)54-40(51)48-21-24-19-32(48)37(24)50-31(30-18-23-17-29(23)49(30)41(52)53-14-15-56(5,6)7)20-27-38(50)26-16-22(10-9-13-46)33(25-11-8-12-28(43)34(25)44)35(45)36(26)47-39(27)55-4/h8,11-12,16,20,23-24,29-30,32,37H,9-10,14-15,17-19,21H2,1-7H3/t23-,24-,29-,30-,32-,37+/m1/s1. The highest BCUT2D eigenvalue weighted by Gasteiger charge is 2.59. The minimum Gasteiger partial charge on any atom is -0.450 e. The molecule has 2 saturated carbocycles. The van der Waals surface area contributed by atoms with Crippen LogP contribution in [0.25, 0.3) is 32.9 Å². The fourth-order valence-corrected chi connectivity index (χ4v) is 10.9. The van der Waals surface area contributed by atoms with Crippen LogP contribution in [0.15, 0.2) is 35.4 Å². The summed E-state index contributed by atoms with van der Waals surface area (Å²) in [6.07, 6.45) is 4.31. The van der Waals surface area contributed by atoms with Gasteiger partial charge >= 0.3 is 12.2 Å². The predicted octanol–water partition coefficient (Wildman–Crippen LogP) is 11.3. The summed E-state index contributed by atoms with van der Waals surface area (Å²) < 4.78 is 31.7. The van der Waals surface area contributed by atoms with Crippen molar-refractivity contribution in [3.63, 3.8) is 0 Å². The first-order valence-electron chi connectivity index (χ1n) is 19.5. The van der Waals surface area contributed by atoms with Gasteiger partial charge in [0, 0.05) is 60.6 Å². The second-order valence-corrected chi connectivity index (χ2v) is 25.2. The number of nitrogens with zero attached hydrogens (tertiary/aromatic N) is 5. The van der Waals surface area contributed by atoms with Crippen LogP contribution in [0.4, 0.5) is 14.0 Å². The molecule has 9 nitrogen and oxygen atoms in total. The number of hydrogen-bond acceptors (Lipinski definition) is 7. The van der Waals surface area contributed by atoms with Crippen LogP contribution in [0.3, 0.4) is 0 Å². The summed E-state index contributed by atoms with van der Waals surface area (Å²) in [6, 6.07) is 11.9. The quantitative estimate of drug-likeness (QED) is 0.122. The monoisotopic (exact) mass is 835 g/mol. The molecule has 5 heterocycles. The van der Waals surface area contributed by atoms with E-state index >= 15 is 4.39 Å². The number of carbonyl (C=O) groups excluding carboxylic acids is 2. The Morgan fingerprint density at radius 1 is 1.07 bits per heavy atom. The lowest BCUT2D eigenvalue weighted by molar-refractivity contribution is 0.0208. The van der Waals surface area contributed by atoms with Crippen LogP contribution in [0.2, 0.25) is 35.7 Å². The molecule has 2 amide bonds. The topological polar surface area (TPSA) is 101 Å². The van der Waals surface area contributed by atoms with Crippen LogP contribution < -0.4 is 0 Å². The normalized spacial score (nSPS) is 24.0. The van der Waals surface area contributed by atoms with Gasteiger partial charge in [0.1, 0.15) is 16.1 Å². The first-order valence-corrected chi connectivity index (χ1v) is 25.2. The van der Waals surface area contributed by atoms with E-state index in [1.165, 1.54) is 11.8 Å². The Bertz CT molecular complexity index is 2320. The van der Waals surface area contributed by atoms with E-state index in [0.29, 0.717) is 45.6 Å². The molecule has 3 saturated heterocycles. The number of likely N-dealkylation sites (tertiary alicyclic amines) is 1. The van der Waals surface area contributed by atoms with E-state index in [0.717, 1.165) is 41.9 Å². The Kier molecular flexibility index (Phi) is 10.1. The Morgan fingerprint density at radius 3 is 2.52 bits per heavy atom. The van der Waals surface area contributed by atoms with Crippen LogP contribution >= 0.6 is 35.0 Å². The van der Waals surface area contributed by atoms with Crippen LogP contribution in [-0.2, 0) is 15.9 Å². The minimum absolute atomic E-state index is 0.108. The van der Waals surface area contributed by atoms with Crippen molar-refractivity contribution >= 4 is 77.0 Å². The van der Waals surface area contributed by atoms with Gasteiger partial charge in [0.25, 0.3) is 0 Å². The van der Waals surface area contributed by atoms with Crippen molar-refractivity contribution in [3.05, 3.63) is 57.5 Å². The number of ether oxygens (including phenoxy) is 2. The van der Waals surface area contributed by atoms with Crippen molar-refractivity contribution in [2.75, 3.05) is 19.4 Å². The highest BCUT2D eigenvalue weighted by Crippen LogP contribution is 2.58. The van der Waals surface area contributed by atoms with Crippen LogP contribution in [0, 0.1) is 29.0 Å². The molecule has 2 aromatic carbocycles. The summed E-state index contributed by atoms with van der Waals surface area (Å²) >= 11 is 14.6. The SMILES string of the molecule is CSc1nc2c(F)c(-c3cccc(Cl)c3Cl)c(CCC#N)cc2c2c1cc([C@H]1C[C@H]3C[C@H]3N1C(=O)OCC[Si](C)(C)C)n2[C@H]1[C@@H]2C[C@H]1N(C(=O)OC(C)(C)C)C2. The average molecular weight is 837 g/mol. The van der Waals surface area contributed by atoms with Crippen molar-refractivity contribution in [1.82, 2.24) is 19.4 Å². The number of fused-ring (bicyclic) bond motifs is 5. The number of aromatic nitrogens is 2. The van der Waals surface area contributed by atoms with Gasteiger partial charge in [0.2, 0.25) is 0 Å². The summed E-state index contributed by atoms with van der Waals surface area (Å²) in [7, 11) is -1.43. The number of benzene rings is 2. The summed E-state index contributed by atoms with van der Waals surface area (Å²) in [5.41, 5.74) is 2.64. The van der Waals surface area contributed by atoms with Gasteiger partial charge in [0.15, 0.2) is 5.82 Å². The van der Waals surface area contributed by atoms with Gasteiger partial charge in [-0.15, -0.1) is 11.8 Å². The molecule has 296 valence electrons. The summed E-state index contributed by atoms with van der Waals surface area (Å²) in [4.78, 5) is 36.4. The zero-order valence-electron chi connectivity index (χ0n) is 32.9. The number of halogens is 3. The lowest BCUT2D eigenvalue weighted by atomic mass is 9.79. The maximum Gasteiger partial charge on any atom is 0.410 e. The molecule has 14 heteroatoms. The molecule has 0 spiro atoms. The largest absolute Gasteiger partial charge is 0.450 e. The third-order valence-electron chi connectivity index (χ3n) is 11.9. The fourth-order valence-electron chi connectivity index (χ4n) is 9.24. The number of thioether (sulfide) groups is 1. The summed E-state index contributed by atoms with van der Waals surface area (Å²) in [6.45, 7) is 13.4. The zero-order valence-corrected chi connectivity index (χ0v) is 36.2. The molecule has 5 fully saturated rings. The average Bonchev–Trinajstić information content (AvgIpc) is 3.47. The fraction of sp³-hybridized carbons (Fsp3) is 0.524. The molecule has 2 bridgehead atoms. The van der Waals surface area contributed by atoms with E-state index in [2.05, 4.69) is 36.3 Å². The maximum absolute atomic E-state index is 17.5. The molecule has 0 N–H and O–H groups in total. The summed E-state index contributed by atoms with van der Waals surface area (Å²) in [5.74, 6) is -0.0292. The minimum atomic E-state index is -1.43. The van der Waals surface area contributed by atoms with E-state index in [-0.39, 0.29) is 71.2 Å². The van der Waals surface area contributed by atoms with Crippen molar-refractivity contribution in [2.45, 2.75) is 113 Å². The molecule has 9 rings (SSSR count). The molecule has 56 heavy (non-hydrogen) atoms. The molecule has 2 aromatic heterocycles. The number of pyridine rings is 1. The summed E-state index contributed by atoms with van der Waals surface area (Å²) in [5, 5.41) is 12.3. The molecule has 3 aliphatic heterocycles. The van der Waals surface area contributed by atoms with E-state index < -0.39 is 19.5 Å². The second-order valence-electron chi connectivity index (χ2n) is 18.0. The van der Waals surface area contributed by atoms with Gasteiger partial charge in [-0.2, -0.15) is 5.26 Å². The van der Waals surface area contributed by atoms with Crippen molar-refractivity contribution in [3.8, 4) is 17.2 Å². The van der Waals surface area contributed by atoms with Gasteiger partial charge in [-0.3, -0.25) is 4.90 Å². The van der Waals surface area contributed by atoms with Gasteiger partial charge in [0.05, 0.1) is 46.4 Å². The highest BCUT2D eigenvalue weighted by molar-refractivity contribution is 7.98. The third kappa shape index (κ3) is 6.84. The molecule has 0 unspecified atom stereocenters. The number of nitriles is 1. The first kappa shape index (κ1) is 39.3. The van der Waals surface area contributed by atoms with Gasteiger partial charge < -0.3 is 18.9 Å². The van der Waals surface area contributed by atoms with E-state index in [4.69, 9.17) is 37.7 Å². The number of hydrogen-bond donors (Lipinski definition) is 0. The number of amides is 2. The van der Waals surface area contributed by atoms with Gasteiger partial charge in [-0.1, -0.05) is 55.0 Å². The van der Waals surface area contributed by atoms with Crippen molar-refractivity contribution < 1.29 is 23.5 Å². The molecule has 2 aliphatic carbocycles. The first-order chi connectivity index (χ1) is 26.5. The zero-order chi connectivity index (χ0) is 40.0. The third-order valence-corrected chi connectivity index (χ3v) is 15.1. The molecule has 5 aliphatic rings. The highest BCUT2D eigenvalue weighted by atomic mass is 35.5. The predicted molar refractivity (Wildman–Crippen MR) is 223 cm³/mol. The number of rotatable bonds is 9. The van der Waals surface area contributed by atoms with E-state index in [1.54, 1.807) is 18.2 Å². The smallest absolute Gasteiger partial charge is 0.410 e. The Morgan fingerprint density at radius 2 is 1.82 bits per heavy atom. The van der Waals surface area contributed by atoms with Crippen LogP contribution in [-0.4, -0.2) is 76.7 Å². The van der Waals surface area contributed by atoms with Crippen LogP contribution in [0.1, 0.15) is 69.8 Å². The number of aryl methyl sites for hydroxylation is 1. The lowest BCUT2D eigenvalue weighted by Crippen LogP contribution is -2.45. The van der Waals surface area contributed by atoms with Gasteiger partial charge in [-0.25, -0.2) is 19.0 Å². The van der Waals surface area contributed by atoms with E-state index in [9.17, 15) is 14.9 Å². The maximum atomic E-state index is 17.5. The Hall–Kier alpha value is -3.50. The Balaban J connectivity index is 1.35.